The molecule has 4 heteroatoms. The normalized spacial score (nSPS) is 16.2. The number of amides is 1. The van der Waals surface area contributed by atoms with Gasteiger partial charge < -0.3 is 11.1 Å². The molecule has 0 fully saturated rings. The van der Waals surface area contributed by atoms with Crippen molar-refractivity contribution in [2.24, 2.45) is 11.7 Å². The fraction of sp³-hybridized carbons (Fsp3) is 0.300. The number of rotatable bonds is 4. The summed E-state index contributed by atoms with van der Waals surface area (Å²) in [4.78, 5) is 24.5. The van der Waals surface area contributed by atoms with Gasteiger partial charge in [-0.3, -0.25) is 9.59 Å². The number of nitrogens with two attached hydrogens (primary N) is 1. The van der Waals surface area contributed by atoms with Crippen LogP contribution in [0, 0.1) is 5.92 Å². The lowest BCUT2D eigenvalue weighted by Gasteiger charge is -2.21. The third kappa shape index (κ3) is 3.39. The molecule has 2 aromatic rings. The maximum Gasteiger partial charge on any atom is 0.229 e. The van der Waals surface area contributed by atoms with Gasteiger partial charge in [0.05, 0.1) is 5.92 Å². The van der Waals surface area contributed by atoms with Gasteiger partial charge in [0, 0.05) is 23.7 Å². The molecule has 3 N–H and O–H groups in total. The number of nitrogens with one attached hydrogen (secondary N) is 1. The van der Waals surface area contributed by atoms with Crippen molar-refractivity contribution in [2.45, 2.75) is 32.2 Å². The van der Waals surface area contributed by atoms with Gasteiger partial charge in [-0.15, -0.1) is 0 Å². The van der Waals surface area contributed by atoms with Crippen LogP contribution in [0.4, 0.5) is 5.69 Å². The van der Waals surface area contributed by atoms with E-state index in [1.807, 2.05) is 49.4 Å². The molecule has 0 heterocycles. The van der Waals surface area contributed by atoms with E-state index >= 15 is 0 Å². The maximum atomic E-state index is 12.5. The second kappa shape index (κ2) is 6.97. The summed E-state index contributed by atoms with van der Waals surface area (Å²) >= 11 is 0. The third-order valence-electron chi connectivity index (χ3n) is 4.66. The van der Waals surface area contributed by atoms with Crippen LogP contribution < -0.4 is 11.1 Å². The van der Waals surface area contributed by atoms with Crippen LogP contribution in [-0.4, -0.2) is 11.7 Å². The van der Waals surface area contributed by atoms with Crippen molar-refractivity contribution < 1.29 is 9.59 Å². The molecular weight excluding hydrogens is 300 g/mol. The molecule has 124 valence electrons. The molecule has 2 atom stereocenters. The van der Waals surface area contributed by atoms with Gasteiger partial charge in [0.25, 0.3) is 0 Å². The van der Waals surface area contributed by atoms with Gasteiger partial charge in [-0.05, 0) is 36.1 Å². The Morgan fingerprint density at radius 1 is 1.12 bits per heavy atom. The van der Waals surface area contributed by atoms with Crippen LogP contribution in [0.3, 0.4) is 0 Å². The van der Waals surface area contributed by atoms with E-state index in [1.165, 1.54) is 0 Å². The molecule has 2 aromatic carbocycles. The van der Waals surface area contributed by atoms with Gasteiger partial charge in [0.15, 0.2) is 5.78 Å². The molecule has 1 amide bonds. The van der Waals surface area contributed by atoms with Crippen molar-refractivity contribution in [2.75, 3.05) is 5.32 Å². The predicted octanol–water partition coefficient (Wildman–Crippen LogP) is 3.48. The Morgan fingerprint density at radius 3 is 2.62 bits per heavy atom. The van der Waals surface area contributed by atoms with Gasteiger partial charge in [-0.2, -0.15) is 0 Å². The molecule has 0 radical (unpaired) electrons. The topological polar surface area (TPSA) is 72.2 Å². The zero-order chi connectivity index (χ0) is 17.1. The second-order valence-corrected chi connectivity index (χ2v) is 6.36. The summed E-state index contributed by atoms with van der Waals surface area (Å²) in [5.74, 6) is -0.366. The lowest BCUT2D eigenvalue weighted by atomic mass is 9.90. The first-order chi connectivity index (χ1) is 11.6. The Kier molecular flexibility index (Phi) is 4.76. The van der Waals surface area contributed by atoms with E-state index < -0.39 is 0 Å². The van der Waals surface area contributed by atoms with Crippen molar-refractivity contribution in [3.8, 4) is 0 Å². The summed E-state index contributed by atoms with van der Waals surface area (Å²) < 4.78 is 0. The highest BCUT2D eigenvalue weighted by molar-refractivity contribution is 6.00. The van der Waals surface area contributed by atoms with Gasteiger partial charge in [0.2, 0.25) is 5.91 Å². The number of benzene rings is 2. The first-order valence-corrected chi connectivity index (χ1v) is 8.34. The molecule has 0 saturated heterocycles. The average Bonchev–Trinajstić information content (AvgIpc) is 2.62. The molecule has 4 nitrogen and oxygen atoms in total. The number of ketones is 1. The molecular formula is C20H22N2O2. The molecule has 0 aromatic heterocycles. The van der Waals surface area contributed by atoms with Crippen molar-refractivity contribution in [1.82, 2.24) is 0 Å². The van der Waals surface area contributed by atoms with Crippen LogP contribution in [0.15, 0.2) is 48.5 Å². The fourth-order valence-electron chi connectivity index (χ4n) is 3.09. The smallest absolute Gasteiger partial charge is 0.229 e. The number of carbonyl (C=O) groups excluding carboxylic acids is 2. The number of aryl methyl sites for hydroxylation is 1. The summed E-state index contributed by atoms with van der Waals surface area (Å²) in [7, 11) is 0. The lowest BCUT2D eigenvalue weighted by molar-refractivity contribution is -0.120. The Labute approximate surface area is 142 Å². The number of hydrogen-bond donors (Lipinski definition) is 2. The van der Waals surface area contributed by atoms with E-state index in [-0.39, 0.29) is 23.7 Å². The zero-order valence-corrected chi connectivity index (χ0v) is 13.8. The number of Topliss-reactive ketones (excluding diaryl/α,β-unsaturated/α-hetero) is 1. The second-order valence-electron chi connectivity index (χ2n) is 6.36. The maximum absolute atomic E-state index is 12.5. The number of carbonyl (C=O) groups is 2. The van der Waals surface area contributed by atoms with Gasteiger partial charge in [-0.1, -0.05) is 43.3 Å². The van der Waals surface area contributed by atoms with Crippen LogP contribution in [0.25, 0.3) is 0 Å². The van der Waals surface area contributed by atoms with Gasteiger partial charge >= 0.3 is 0 Å². The van der Waals surface area contributed by atoms with E-state index in [9.17, 15) is 9.59 Å². The largest absolute Gasteiger partial charge is 0.326 e. The zero-order valence-electron chi connectivity index (χ0n) is 13.8. The highest BCUT2D eigenvalue weighted by Gasteiger charge is 2.23. The number of hydrogen-bond acceptors (Lipinski definition) is 3. The molecule has 0 saturated carbocycles. The Bertz CT molecular complexity index is 755. The minimum Gasteiger partial charge on any atom is -0.326 e. The average molecular weight is 322 g/mol. The Morgan fingerprint density at radius 2 is 1.88 bits per heavy atom. The highest BCUT2D eigenvalue weighted by atomic mass is 16.2. The van der Waals surface area contributed by atoms with Crippen molar-refractivity contribution >= 4 is 17.4 Å². The molecule has 1 aliphatic rings. The van der Waals surface area contributed by atoms with E-state index in [0.717, 1.165) is 29.5 Å². The minimum atomic E-state index is -0.376. The summed E-state index contributed by atoms with van der Waals surface area (Å²) in [5.41, 5.74) is 9.60. The highest BCUT2D eigenvalue weighted by Crippen LogP contribution is 2.26. The monoisotopic (exact) mass is 322 g/mol. The Hall–Kier alpha value is -2.46. The third-order valence-corrected chi connectivity index (χ3v) is 4.66. The van der Waals surface area contributed by atoms with Crippen LogP contribution >= 0.6 is 0 Å². The van der Waals surface area contributed by atoms with E-state index in [1.54, 1.807) is 6.07 Å². The summed E-state index contributed by atoms with van der Waals surface area (Å²) in [6, 6.07) is 14.8. The summed E-state index contributed by atoms with van der Waals surface area (Å²) in [6.45, 7) is 1.82. The standard InChI is InChI=1S/C20H22N2O2/c1-13(19(21)15-6-3-2-4-7-15)20(24)22-16-11-10-14-8-5-9-18(23)17(14)12-16/h2-4,6-7,10-13,19H,5,8-9,21H2,1H3,(H,22,24). The van der Waals surface area contributed by atoms with Crippen molar-refractivity contribution in [1.29, 1.82) is 0 Å². The van der Waals surface area contributed by atoms with E-state index in [2.05, 4.69) is 5.32 Å². The summed E-state index contributed by atoms with van der Waals surface area (Å²) in [6.07, 6.45) is 2.41. The predicted molar refractivity (Wildman–Crippen MR) is 94.9 cm³/mol. The summed E-state index contributed by atoms with van der Waals surface area (Å²) in [5, 5.41) is 2.89. The molecule has 0 spiro atoms. The first kappa shape index (κ1) is 16.4. The Balaban J connectivity index is 1.73. The van der Waals surface area contributed by atoms with Crippen LogP contribution in [0.5, 0.6) is 0 Å². The molecule has 24 heavy (non-hydrogen) atoms. The number of fused-ring (bicyclic) bond motifs is 1. The minimum absolute atomic E-state index is 0.144. The molecule has 2 unspecified atom stereocenters. The van der Waals surface area contributed by atoms with Crippen LogP contribution in [0.1, 0.15) is 47.3 Å². The van der Waals surface area contributed by atoms with Crippen LogP contribution in [-0.2, 0) is 11.2 Å². The lowest BCUT2D eigenvalue weighted by Crippen LogP contribution is -2.30. The fourth-order valence-corrected chi connectivity index (χ4v) is 3.09. The first-order valence-electron chi connectivity index (χ1n) is 8.34. The van der Waals surface area contributed by atoms with Gasteiger partial charge in [0.1, 0.15) is 0 Å². The van der Waals surface area contributed by atoms with E-state index in [0.29, 0.717) is 12.1 Å². The SMILES string of the molecule is CC(C(=O)Nc1ccc2c(c1)C(=O)CCC2)C(N)c1ccccc1. The van der Waals surface area contributed by atoms with Gasteiger partial charge in [-0.25, -0.2) is 0 Å². The molecule has 0 aliphatic heterocycles. The molecule has 1 aliphatic carbocycles. The van der Waals surface area contributed by atoms with E-state index in [4.69, 9.17) is 5.73 Å². The quantitative estimate of drug-likeness (QED) is 0.905. The molecule has 3 rings (SSSR count). The van der Waals surface area contributed by atoms with Crippen molar-refractivity contribution in [3.63, 3.8) is 0 Å². The van der Waals surface area contributed by atoms with Crippen molar-refractivity contribution in [3.05, 3.63) is 65.2 Å². The van der Waals surface area contributed by atoms with Crippen LogP contribution in [0.2, 0.25) is 0 Å². The molecule has 0 bridgehead atoms. The number of anilines is 1.